The molecule has 0 radical (unpaired) electrons. The van der Waals surface area contributed by atoms with E-state index in [9.17, 15) is 9.59 Å². The van der Waals surface area contributed by atoms with Gasteiger partial charge in [0.25, 0.3) is 0 Å². The van der Waals surface area contributed by atoms with Crippen molar-refractivity contribution in [2.75, 3.05) is 14.2 Å². The van der Waals surface area contributed by atoms with E-state index in [1.807, 2.05) is 0 Å². The number of esters is 2. The van der Waals surface area contributed by atoms with Crippen LogP contribution in [0, 0.1) is 20.0 Å². The minimum atomic E-state index is -0.550. The summed E-state index contributed by atoms with van der Waals surface area (Å²) in [5, 5.41) is 0. The van der Waals surface area contributed by atoms with Crippen LogP contribution in [0.1, 0.15) is 20.7 Å². The molecule has 0 aromatic heterocycles. The van der Waals surface area contributed by atoms with Crippen molar-refractivity contribution < 1.29 is 50.4 Å². The molecule has 0 saturated carbocycles. The molecule has 1 aromatic carbocycles. The maximum Gasteiger partial charge on any atom is 0 e. The molecule has 110 valence electrons. The molecule has 0 bridgehead atoms. The Morgan fingerprint density at radius 1 is 0.810 bits per heavy atom. The molecular weight excluding hydrogens is 320 g/mol. The van der Waals surface area contributed by atoms with Crippen molar-refractivity contribution in [3.8, 4) is 0 Å². The van der Waals surface area contributed by atoms with E-state index in [0.29, 0.717) is 0 Å². The Labute approximate surface area is 132 Å². The first kappa shape index (κ1) is 27.3. The number of hydrogen-bond acceptors (Lipinski definition) is 4. The van der Waals surface area contributed by atoms with Crippen molar-refractivity contribution >= 4 is 11.9 Å². The first-order valence-electron chi connectivity index (χ1n) is 4.57. The quantitative estimate of drug-likeness (QED) is 0.460. The van der Waals surface area contributed by atoms with Gasteiger partial charge in [0.05, 0.1) is 25.3 Å². The molecule has 0 heterocycles. The Morgan fingerprint density at radius 3 is 1.24 bits per heavy atom. The molecule has 0 fully saturated rings. The van der Waals surface area contributed by atoms with Gasteiger partial charge in [-0.15, -0.1) is 0 Å². The molecule has 0 aliphatic heterocycles. The Balaban J connectivity index is -0.000000183. The molecule has 0 N–H and O–H groups in total. The van der Waals surface area contributed by atoms with E-state index in [1.165, 1.54) is 26.4 Å². The third-order valence-electron chi connectivity index (χ3n) is 1.74. The normalized spacial score (nSPS) is 6.48. The van der Waals surface area contributed by atoms with E-state index in [1.54, 1.807) is 12.1 Å². The molecule has 0 atom stereocenters. The maximum absolute atomic E-state index is 11.2. The summed E-state index contributed by atoms with van der Waals surface area (Å²) in [5.74, 6) is -1.10. The molecule has 0 saturated heterocycles. The number of hydrogen-bond donors (Lipinski definition) is 0. The summed E-state index contributed by atoms with van der Waals surface area (Å²) in [6.45, 7) is 13.5. The van der Waals surface area contributed by atoms with Crippen LogP contribution in [0.15, 0.2) is 24.3 Å². The van der Waals surface area contributed by atoms with Crippen LogP contribution in [0.5, 0.6) is 0 Å². The van der Waals surface area contributed by atoms with Gasteiger partial charge in [-0.2, -0.15) is 0 Å². The van der Waals surface area contributed by atoms with E-state index >= 15 is 0 Å². The fourth-order valence-corrected chi connectivity index (χ4v) is 1.06. The molecule has 0 aliphatic carbocycles. The SMILES string of the molecule is COC(=O)c1ccccc1C(=O)OC.[C-]#[O+].[C-]#[O+].[C-]#[O+].[Cr]. The second-order valence-electron chi connectivity index (χ2n) is 2.53. The van der Waals surface area contributed by atoms with Gasteiger partial charge in [-0.05, 0) is 12.1 Å². The molecule has 21 heavy (non-hydrogen) atoms. The predicted octanol–water partition coefficient (Wildman–Crippen LogP) is 1.14. The summed E-state index contributed by atoms with van der Waals surface area (Å²) < 4.78 is 31.5. The van der Waals surface area contributed by atoms with E-state index in [-0.39, 0.29) is 28.5 Å². The maximum atomic E-state index is 11.2. The molecule has 1 rings (SSSR count). The Kier molecular flexibility index (Phi) is 26.3. The molecule has 1 aromatic rings. The Bertz CT molecular complexity index is 428. The Hall–Kier alpha value is -2.09. The monoisotopic (exact) mass is 330 g/mol. The minimum absolute atomic E-state index is 0. The van der Waals surface area contributed by atoms with Gasteiger partial charge in [0, 0.05) is 17.4 Å². The van der Waals surface area contributed by atoms with Crippen LogP contribution in [0.3, 0.4) is 0 Å². The van der Waals surface area contributed by atoms with Gasteiger partial charge in [0.2, 0.25) is 0 Å². The van der Waals surface area contributed by atoms with Gasteiger partial charge < -0.3 is 9.47 Å². The molecule has 0 unspecified atom stereocenters. The largest absolute Gasteiger partial charge is 0 e. The van der Waals surface area contributed by atoms with Crippen molar-refractivity contribution in [3.05, 3.63) is 55.3 Å². The summed E-state index contributed by atoms with van der Waals surface area (Å²) in [5.41, 5.74) is 0.420. The third kappa shape index (κ3) is 10.4. The average Bonchev–Trinajstić information content (AvgIpc) is 2.58. The van der Waals surface area contributed by atoms with E-state index in [2.05, 4.69) is 29.4 Å². The van der Waals surface area contributed by atoms with Crippen molar-refractivity contribution in [2.45, 2.75) is 0 Å². The van der Waals surface area contributed by atoms with Crippen LogP contribution < -0.4 is 0 Å². The smallest absolute Gasteiger partial charge is 0 e. The number of ether oxygens (including phenoxy) is 2. The van der Waals surface area contributed by atoms with E-state index in [4.69, 9.17) is 14.0 Å². The summed E-state index contributed by atoms with van der Waals surface area (Å²) in [4.78, 5) is 22.4. The summed E-state index contributed by atoms with van der Waals surface area (Å²) in [6.07, 6.45) is 0. The van der Waals surface area contributed by atoms with Gasteiger partial charge in [-0.3, -0.25) is 0 Å². The van der Waals surface area contributed by atoms with Gasteiger partial charge >= 0.3 is 45.8 Å². The second kappa shape index (κ2) is 20.2. The molecule has 0 amide bonds. The zero-order valence-corrected chi connectivity index (χ0v) is 12.4. The zero-order chi connectivity index (χ0) is 16.6. The fourth-order valence-electron chi connectivity index (χ4n) is 1.06. The van der Waals surface area contributed by atoms with Crippen LogP contribution in [0.2, 0.25) is 0 Å². The van der Waals surface area contributed by atoms with Crippen LogP contribution in [0.4, 0.5) is 0 Å². The topological polar surface area (TPSA) is 112 Å². The molecule has 0 spiro atoms. The standard InChI is InChI=1S/C10H10O4.3CO.Cr/c1-13-9(11)7-5-3-4-6-8(7)10(12)14-2;3*1-2;/h3-6H,1-2H3;;;;. The van der Waals surface area contributed by atoms with Crippen molar-refractivity contribution in [3.63, 3.8) is 0 Å². The summed E-state index contributed by atoms with van der Waals surface area (Å²) >= 11 is 0. The van der Waals surface area contributed by atoms with Crippen LogP contribution in [-0.4, -0.2) is 26.2 Å². The second-order valence-corrected chi connectivity index (χ2v) is 2.53. The number of carbonyl (C=O) groups excluding carboxylic acids is 2. The van der Waals surface area contributed by atoms with Gasteiger partial charge in [-0.1, -0.05) is 12.1 Å². The van der Waals surface area contributed by atoms with Gasteiger partial charge in [0.1, 0.15) is 0 Å². The summed E-state index contributed by atoms with van der Waals surface area (Å²) in [7, 11) is 2.52. The third-order valence-corrected chi connectivity index (χ3v) is 1.74. The Morgan fingerprint density at radius 2 is 1.05 bits per heavy atom. The number of carbonyl (C=O) groups is 2. The van der Waals surface area contributed by atoms with Crippen molar-refractivity contribution in [2.24, 2.45) is 0 Å². The molecule has 0 aliphatic rings. The van der Waals surface area contributed by atoms with Gasteiger partial charge in [0.15, 0.2) is 0 Å². The fraction of sp³-hybridized carbons (Fsp3) is 0.154. The number of methoxy groups -OCH3 is 2. The van der Waals surface area contributed by atoms with Crippen LogP contribution >= 0.6 is 0 Å². The van der Waals surface area contributed by atoms with Gasteiger partial charge in [-0.25, -0.2) is 9.59 Å². The molecule has 8 heteroatoms. The minimum Gasteiger partial charge on any atom is 0 e. The first-order chi connectivity index (χ1) is 9.70. The van der Waals surface area contributed by atoms with Crippen LogP contribution in [0.25, 0.3) is 0 Å². The molecular formula is C13H10CrO7. The number of rotatable bonds is 2. The zero-order valence-electron chi connectivity index (χ0n) is 11.1. The first-order valence-corrected chi connectivity index (χ1v) is 4.57. The van der Waals surface area contributed by atoms with Crippen LogP contribution in [-0.2, 0) is 40.8 Å². The molecule has 7 nitrogen and oxygen atoms in total. The van der Waals surface area contributed by atoms with Crippen molar-refractivity contribution in [1.82, 2.24) is 0 Å². The van der Waals surface area contributed by atoms with Crippen molar-refractivity contribution in [1.29, 1.82) is 0 Å². The average molecular weight is 330 g/mol. The number of benzene rings is 1. The van der Waals surface area contributed by atoms with E-state index in [0.717, 1.165) is 0 Å². The predicted molar refractivity (Wildman–Crippen MR) is 60.9 cm³/mol. The van der Waals surface area contributed by atoms with E-state index < -0.39 is 11.9 Å². The summed E-state index contributed by atoms with van der Waals surface area (Å²) in [6, 6.07) is 6.33.